The zero-order valence-electron chi connectivity index (χ0n) is 9.83. The summed E-state index contributed by atoms with van der Waals surface area (Å²) in [5, 5.41) is 15.9. The highest BCUT2D eigenvalue weighted by Gasteiger charge is 2.07. The predicted molar refractivity (Wildman–Crippen MR) is 60.2 cm³/mol. The van der Waals surface area contributed by atoms with Gasteiger partial charge in [0.15, 0.2) is 0 Å². The second-order valence-corrected chi connectivity index (χ2v) is 3.74. The average molecular weight is 236 g/mol. The van der Waals surface area contributed by atoms with Crippen molar-refractivity contribution in [3.63, 3.8) is 0 Å². The van der Waals surface area contributed by atoms with Crippen molar-refractivity contribution >= 4 is 0 Å². The standard InChI is InChI=1S/C10H16N6O/c1-2-9-13-14-10(17-9)7-16-6-8(12-15-16)4-3-5-11/h6H,2-5,7,11H2,1H3. The van der Waals surface area contributed by atoms with Crippen molar-refractivity contribution in [3.05, 3.63) is 23.7 Å². The molecule has 92 valence electrons. The topological polar surface area (TPSA) is 95.7 Å². The molecule has 0 radical (unpaired) electrons. The van der Waals surface area contributed by atoms with Crippen molar-refractivity contribution in [2.75, 3.05) is 6.54 Å². The van der Waals surface area contributed by atoms with Gasteiger partial charge >= 0.3 is 0 Å². The molecule has 0 aliphatic carbocycles. The van der Waals surface area contributed by atoms with E-state index in [2.05, 4.69) is 20.5 Å². The van der Waals surface area contributed by atoms with E-state index in [1.165, 1.54) is 0 Å². The van der Waals surface area contributed by atoms with Gasteiger partial charge < -0.3 is 10.2 Å². The third kappa shape index (κ3) is 3.10. The molecule has 2 aromatic heterocycles. The second-order valence-electron chi connectivity index (χ2n) is 3.74. The molecule has 0 aliphatic heterocycles. The molecule has 17 heavy (non-hydrogen) atoms. The Morgan fingerprint density at radius 3 is 2.82 bits per heavy atom. The van der Waals surface area contributed by atoms with E-state index in [0.717, 1.165) is 25.0 Å². The Morgan fingerprint density at radius 2 is 2.12 bits per heavy atom. The molecule has 0 saturated heterocycles. The van der Waals surface area contributed by atoms with E-state index in [0.29, 0.717) is 24.9 Å². The van der Waals surface area contributed by atoms with Crippen LogP contribution >= 0.6 is 0 Å². The molecule has 0 amide bonds. The van der Waals surface area contributed by atoms with E-state index < -0.39 is 0 Å². The first-order chi connectivity index (χ1) is 8.31. The summed E-state index contributed by atoms with van der Waals surface area (Å²) in [5.41, 5.74) is 6.37. The fourth-order valence-corrected chi connectivity index (χ4v) is 1.45. The fraction of sp³-hybridized carbons (Fsp3) is 0.600. The van der Waals surface area contributed by atoms with Crippen molar-refractivity contribution in [2.24, 2.45) is 5.73 Å². The van der Waals surface area contributed by atoms with E-state index in [-0.39, 0.29) is 0 Å². The number of hydrogen-bond acceptors (Lipinski definition) is 6. The van der Waals surface area contributed by atoms with Crippen molar-refractivity contribution in [2.45, 2.75) is 32.7 Å². The maximum Gasteiger partial charge on any atom is 0.237 e. The smallest absolute Gasteiger partial charge is 0.237 e. The zero-order valence-corrected chi connectivity index (χ0v) is 9.83. The Labute approximate surface area is 99.0 Å². The van der Waals surface area contributed by atoms with Crippen molar-refractivity contribution < 1.29 is 4.42 Å². The number of nitrogens with zero attached hydrogens (tertiary/aromatic N) is 5. The molecule has 0 atom stereocenters. The van der Waals surface area contributed by atoms with Crippen LogP contribution in [0.4, 0.5) is 0 Å². The number of aromatic nitrogens is 5. The fourth-order valence-electron chi connectivity index (χ4n) is 1.45. The van der Waals surface area contributed by atoms with Crippen molar-refractivity contribution in [3.8, 4) is 0 Å². The molecular formula is C10H16N6O. The molecule has 2 N–H and O–H groups in total. The highest BCUT2D eigenvalue weighted by molar-refractivity contribution is 4.94. The van der Waals surface area contributed by atoms with Crippen LogP contribution in [0.15, 0.2) is 10.6 Å². The van der Waals surface area contributed by atoms with E-state index in [1.54, 1.807) is 4.68 Å². The van der Waals surface area contributed by atoms with Gasteiger partial charge in [0.1, 0.15) is 6.54 Å². The lowest BCUT2D eigenvalue weighted by atomic mass is 10.2. The van der Waals surface area contributed by atoms with Gasteiger partial charge in [-0.3, -0.25) is 0 Å². The molecule has 0 saturated carbocycles. The molecule has 0 aliphatic rings. The summed E-state index contributed by atoms with van der Waals surface area (Å²) in [6.07, 6.45) is 4.39. The first-order valence-corrected chi connectivity index (χ1v) is 5.72. The van der Waals surface area contributed by atoms with Gasteiger partial charge in [0, 0.05) is 12.6 Å². The summed E-state index contributed by atoms with van der Waals surface area (Å²) in [5.74, 6) is 1.19. The highest BCUT2D eigenvalue weighted by atomic mass is 16.4. The maximum atomic E-state index is 5.44. The molecular weight excluding hydrogens is 220 g/mol. The van der Waals surface area contributed by atoms with Gasteiger partial charge in [0.2, 0.25) is 11.8 Å². The first-order valence-electron chi connectivity index (χ1n) is 5.72. The molecule has 2 heterocycles. The van der Waals surface area contributed by atoms with Gasteiger partial charge in [-0.25, -0.2) is 4.68 Å². The predicted octanol–water partition coefficient (Wildman–Crippen LogP) is 0.163. The minimum Gasteiger partial charge on any atom is -0.423 e. The summed E-state index contributed by atoms with van der Waals surface area (Å²) in [7, 11) is 0. The van der Waals surface area contributed by atoms with Crippen LogP contribution in [-0.4, -0.2) is 31.7 Å². The number of aryl methyl sites for hydroxylation is 2. The highest BCUT2D eigenvalue weighted by Crippen LogP contribution is 2.03. The van der Waals surface area contributed by atoms with Crippen LogP contribution in [0.25, 0.3) is 0 Å². The summed E-state index contributed by atoms with van der Waals surface area (Å²) < 4.78 is 7.09. The second kappa shape index (κ2) is 5.53. The Bertz CT molecular complexity index is 463. The Morgan fingerprint density at radius 1 is 1.29 bits per heavy atom. The molecule has 0 aromatic carbocycles. The molecule has 2 aromatic rings. The summed E-state index contributed by atoms with van der Waals surface area (Å²) in [6, 6.07) is 0. The van der Waals surface area contributed by atoms with Gasteiger partial charge in [-0.05, 0) is 19.4 Å². The van der Waals surface area contributed by atoms with Crippen LogP contribution in [0, 0.1) is 0 Å². The van der Waals surface area contributed by atoms with Gasteiger partial charge in [-0.15, -0.1) is 15.3 Å². The third-order valence-corrected chi connectivity index (χ3v) is 2.33. The molecule has 7 heteroatoms. The normalized spacial score (nSPS) is 10.9. The van der Waals surface area contributed by atoms with Gasteiger partial charge in [0.25, 0.3) is 0 Å². The molecule has 7 nitrogen and oxygen atoms in total. The zero-order chi connectivity index (χ0) is 12.1. The lowest BCUT2D eigenvalue weighted by Gasteiger charge is -1.93. The Balaban J connectivity index is 1.96. The minimum atomic E-state index is 0.461. The van der Waals surface area contributed by atoms with E-state index >= 15 is 0 Å². The number of hydrogen-bond donors (Lipinski definition) is 1. The number of nitrogens with two attached hydrogens (primary N) is 1. The molecule has 0 bridgehead atoms. The van der Waals surface area contributed by atoms with Crippen molar-refractivity contribution in [1.29, 1.82) is 0 Å². The van der Waals surface area contributed by atoms with Gasteiger partial charge in [-0.1, -0.05) is 12.1 Å². The molecule has 0 unspecified atom stereocenters. The molecule has 0 fully saturated rings. The lowest BCUT2D eigenvalue weighted by molar-refractivity contribution is 0.430. The summed E-state index contributed by atoms with van der Waals surface area (Å²) >= 11 is 0. The lowest BCUT2D eigenvalue weighted by Crippen LogP contribution is -2.01. The Kier molecular flexibility index (Phi) is 3.81. The molecule has 0 spiro atoms. The van der Waals surface area contributed by atoms with Crippen LogP contribution in [0.5, 0.6) is 0 Å². The average Bonchev–Trinajstić information content (AvgIpc) is 2.96. The van der Waals surface area contributed by atoms with E-state index in [4.69, 9.17) is 10.2 Å². The largest absolute Gasteiger partial charge is 0.423 e. The summed E-state index contributed by atoms with van der Waals surface area (Å²) in [6.45, 7) is 3.09. The minimum absolute atomic E-state index is 0.461. The quantitative estimate of drug-likeness (QED) is 0.767. The molecule has 2 rings (SSSR count). The van der Waals surface area contributed by atoms with E-state index in [1.807, 2.05) is 13.1 Å². The SMILES string of the molecule is CCc1nnc(Cn2cc(CCCN)nn2)o1. The van der Waals surface area contributed by atoms with Crippen LogP contribution in [0.2, 0.25) is 0 Å². The summed E-state index contributed by atoms with van der Waals surface area (Å²) in [4.78, 5) is 0. The van der Waals surface area contributed by atoms with Crippen LogP contribution in [0.1, 0.15) is 30.8 Å². The monoisotopic (exact) mass is 236 g/mol. The van der Waals surface area contributed by atoms with Crippen molar-refractivity contribution in [1.82, 2.24) is 25.2 Å². The van der Waals surface area contributed by atoms with E-state index in [9.17, 15) is 0 Å². The number of rotatable bonds is 6. The first kappa shape index (κ1) is 11.7. The van der Waals surface area contributed by atoms with Crippen LogP contribution in [-0.2, 0) is 19.4 Å². The Hall–Kier alpha value is -1.76. The van der Waals surface area contributed by atoms with Gasteiger partial charge in [0.05, 0.1) is 5.69 Å². The maximum absolute atomic E-state index is 5.44. The third-order valence-electron chi connectivity index (χ3n) is 2.33. The van der Waals surface area contributed by atoms with Crippen LogP contribution in [0.3, 0.4) is 0 Å². The van der Waals surface area contributed by atoms with Crippen LogP contribution < -0.4 is 5.73 Å². The van der Waals surface area contributed by atoms with Gasteiger partial charge in [-0.2, -0.15) is 0 Å².